The van der Waals surface area contributed by atoms with Crippen molar-refractivity contribution in [2.45, 2.75) is 25.7 Å². The number of aryl methyl sites for hydroxylation is 3. The Bertz CT molecular complexity index is 446. The molecule has 0 amide bonds. The van der Waals surface area contributed by atoms with Crippen LogP contribution in [0.2, 0.25) is 0 Å². The van der Waals surface area contributed by atoms with Crippen LogP contribution in [0.25, 0.3) is 0 Å². The van der Waals surface area contributed by atoms with Gasteiger partial charge in [0.15, 0.2) is 12.4 Å². The monoisotopic (exact) mass is 243 g/mol. The van der Waals surface area contributed by atoms with E-state index in [1.54, 1.807) is 11.1 Å². The highest BCUT2D eigenvalue weighted by Gasteiger charge is 2.11. The summed E-state index contributed by atoms with van der Waals surface area (Å²) in [4.78, 5) is 0. The van der Waals surface area contributed by atoms with E-state index in [0.29, 0.717) is 6.26 Å². The highest BCUT2D eigenvalue weighted by molar-refractivity contribution is 7.84. The molecule has 0 N–H and O–H groups in total. The third-order valence-corrected chi connectivity index (χ3v) is 2.43. The quantitative estimate of drug-likeness (QED) is 0.494. The zero-order chi connectivity index (χ0) is 12.2. The van der Waals surface area contributed by atoms with Gasteiger partial charge in [0, 0.05) is 17.9 Å². The van der Waals surface area contributed by atoms with E-state index >= 15 is 0 Å². The molecule has 0 bridgehead atoms. The Hall–Kier alpha value is -0.940. The lowest BCUT2D eigenvalue weighted by molar-refractivity contribution is -0.672. The number of nitrogens with zero attached hydrogens (tertiary/aromatic N) is 1. The number of rotatable bonds is 0. The van der Waals surface area contributed by atoms with Crippen molar-refractivity contribution in [3.05, 3.63) is 29.6 Å². The summed E-state index contributed by atoms with van der Waals surface area (Å²) in [6.45, 7) is 0. The van der Waals surface area contributed by atoms with Crippen molar-refractivity contribution in [2.75, 3.05) is 6.26 Å². The Morgan fingerprint density at radius 1 is 1.25 bits per heavy atom. The molecule has 0 unspecified atom stereocenters. The van der Waals surface area contributed by atoms with Gasteiger partial charge in [0.05, 0.1) is 10.1 Å². The Morgan fingerprint density at radius 3 is 2.31 bits per heavy atom. The highest BCUT2D eigenvalue weighted by atomic mass is 32.2. The van der Waals surface area contributed by atoms with Crippen molar-refractivity contribution >= 4 is 10.1 Å². The molecule has 2 rings (SSSR count). The van der Waals surface area contributed by atoms with Gasteiger partial charge in [-0.2, -0.15) is 0 Å². The van der Waals surface area contributed by atoms with Gasteiger partial charge >= 0.3 is 0 Å². The number of hydrogen-bond donors (Lipinski definition) is 0. The lowest BCUT2D eigenvalue weighted by atomic mass is 9.94. The number of hydrogen-bond acceptors (Lipinski definition) is 3. The second-order valence-electron chi connectivity index (χ2n) is 4.07. The van der Waals surface area contributed by atoms with Crippen molar-refractivity contribution in [1.82, 2.24) is 0 Å². The fraction of sp³-hybridized carbons (Fsp3) is 0.545. The lowest BCUT2D eigenvalue weighted by Gasteiger charge is -2.12. The fourth-order valence-corrected chi connectivity index (χ4v) is 1.79. The van der Waals surface area contributed by atoms with E-state index in [2.05, 4.69) is 30.1 Å². The molecule has 0 spiro atoms. The largest absolute Gasteiger partial charge is 0.748 e. The summed E-state index contributed by atoms with van der Waals surface area (Å²) in [5, 5.41) is 0. The van der Waals surface area contributed by atoms with Crippen molar-refractivity contribution < 1.29 is 17.5 Å². The van der Waals surface area contributed by atoms with Gasteiger partial charge in [-0.25, -0.2) is 13.0 Å². The summed E-state index contributed by atoms with van der Waals surface area (Å²) in [7, 11) is -1.82. The molecule has 5 heteroatoms. The average Bonchev–Trinajstić information content (AvgIpc) is 2.15. The highest BCUT2D eigenvalue weighted by Crippen LogP contribution is 2.18. The number of fused-ring (bicyclic) bond motifs is 1. The van der Waals surface area contributed by atoms with E-state index in [-0.39, 0.29) is 0 Å². The van der Waals surface area contributed by atoms with Gasteiger partial charge in [-0.05, 0) is 31.2 Å². The van der Waals surface area contributed by atoms with Crippen LogP contribution in [0.5, 0.6) is 0 Å². The smallest absolute Gasteiger partial charge is 0.171 e. The zero-order valence-corrected chi connectivity index (χ0v) is 10.5. The molecule has 0 aromatic carbocycles. The van der Waals surface area contributed by atoms with Crippen molar-refractivity contribution in [3.63, 3.8) is 0 Å². The van der Waals surface area contributed by atoms with Crippen molar-refractivity contribution in [1.29, 1.82) is 0 Å². The molecule has 90 valence electrons. The minimum absolute atomic E-state index is 0.604. The maximum Gasteiger partial charge on any atom is 0.171 e. The van der Waals surface area contributed by atoms with Crippen molar-refractivity contribution in [2.24, 2.45) is 7.05 Å². The van der Waals surface area contributed by atoms with E-state index in [4.69, 9.17) is 13.0 Å². The summed E-state index contributed by atoms with van der Waals surface area (Å²) < 4.78 is 29.4. The zero-order valence-electron chi connectivity index (χ0n) is 9.64. The van der Waals surface area contributed by atoms with Crippen LogP contribution >= 0.6 is 0 Å². The van der Waals surface area contributed by atoms with Gasteiger partial charge < -0.3 is 4.55 Å². The maximum absolute atomic E-state index is 9.08. The first-order valence-electron chi connectivity index (χ1n) is 5.24. The molecule has 0 saturated heterocycles. The van der Waals surface area contributed by atoms with Crippen LogP contribution in [0.3, 0.4) is 0 Å². The van der Waals surface area contributed by atoms with Gasteiger partial charge in [-0.3, -0.25) is 0 Å². The number of pyridine rings is 1. The van der Waals surface area contributed by atoms with Crippen LogP contribution < -0.4 is 4.57 Å². The first-order chi connectivity index (χ1) is 7.36. The summed E-state index contributed by atoms with van der Waals surface area (Å²) in [5.74, 6) is 0. The predicted molar refractivity (Wildman–Crippen MR) is 59.9 cm³/mol. The topological polar surface area (TPSA) is 61.1 Å². The normalized spacial score (nSPS) is 14.7. The minimum atomic E-state index is -3.92. The molecule has 1 heterocycles. The molecule has 1 aromatic heterocycles. The van der Waals surface area contributed by atoms with Gasteiger partial charge in [-0.1, -0.05) is 0 Å². The second kappa shape index (κ2) is 5.41. The second-order valence-corrected chi connectivity index (χ2v) is 5.48. The average molecular weight is 243 g/mol. The molecule has 0 radical (unpaired) electrons. The van der Waals surface area contributed by atoms with E-state index < -0.39 is 10.1 Å². The molecular formula is C11H17NO3S. The molecule has 1 aliphatic carbocycles. The molecule has 0 saturated carbocycles. The molecule has 4 nitrogen and oxygen atoms in total. The summed E-state index contributed by atoms with van der Waals surface area (Å²) in [6.07, 6.45) is 10.3. The first-order valence-corrected chi connectivity index (χ1v) is 7.06. The molecular weight excluding hydrogens is 226 g/mol. The van der Waals surface area contributed by atoms with Crippen LogP contribution in [-0.2, 0) is 30.0 Å². The Labute approximate surface area is 96.7 Å². The molecule has 0 atom stereocenters. The van der Waals surface area contributed by atoms with Gasteiger partial charge in [0.2, 0.25) is 0 Å². The van der Waals surface area contributed by atoms with E-state index in [1.165, 1.54) is 25.7 Å². The Morgan fingerprint density at radius 2 is 1.75 bits per heavy atom. The van der Waals surface area contributed by atoms with Gasteiger partial charge in [0.25, 0.3) is 0 Å². The summed E-state index contributed by atoms with van der Waals surface area (Å²) in [6, 6.07) is 2.26. The molecule has 1 aromatic rings. The summed E-state index contributed by atoms with van der Waals surface area (Å²) in [5.41, 5.74) is 3.12. The summed E-state index contributed by atoms with van der Waals surface area (Å²) >= 11 is 0. The molecule has 0 aliphatic heterocycles. The van der Waals surface area contributed by atoms with Crippen LogP contribution in [0.4, 0.5) is 0 Å². The standard InChI is InChI=1S/C10H14N.CH4O3S/c1-11-7-6-9-4-2-3-5-10(9)8-11;1-5(2,3)4/h6-8H,2-5H2,1H3;1H3,(H,2,3,4)/q+1;/p-1. The molecule has 1 aliphatic rings. The maximum atomic E-state index is 9.08. The minimum Gasteiger partial charge on any atom is -0.748 e. The van der Waals surface area contributed by atoms with Crippen LogP contribution in [0.15, 0.2) is 18.5 Å². The predicted octanol–water partition coefficient (Wildman–Crippen LogP) is 0.551. The molecule has 0 fully saturated rings. The van der Waals surface area contributed by atoms with E-state index in [1.807, 2.05) is 0 Å². The number of aromatic nitrogens is 1. The lowest BCUT2D eigenvalue weighted by Crippen LogP contribution is -2.28. The van der Waals surface area contributed by atoms with Crippen LogP contribution in [0, 0.1) is 0 Å². The van der Waals surface area contributed by atoms with Gasteiger partial charge in [0.1, 0.15) is 7.05 Å². The van der Waals surface area contributed by atoms with Gasteiger partial charge in [-0.15, -0.1) is 0 Å². The van der Waals surface area contributed by atoms with E-state index in [9.17, 15) is 0 Å². The third-order valence-electron chi connectivity index (χ3n) is 2.43. The Balaban J connectivity index is 0.000000221. The fourth-order valence-electron chi connectivity index (χ4n) is 1.79. The third kappa shape index (κ3) is 5.23. The van der Waals surface area contributed by atoms with Crippen LogP contribution in [0.1, 0.15) is 24.0 Å². The van der Waals surface area contributed by atoms with Crippen molar-refractivity contribution in [3.8, 4) is 0 Å². The SMILES string of the molecule is CS(=O)(=O)[O-].C[n+]1ccc2c(c1)CCCC2. The molecule has 16 heavy (non-hydrogen) atoms. The van der Waals surface area contributed by atoms with Crippen LogP contribution in [-0.4, -0.2) is 19.2 Å². The Kier molecular flexibility index (Phi) is 4.44. The van der Waals surface area contributed by atoms with E-state index in [0.717, 1.165) is 0 Å². The first kappa shape index (κ1) is 13.1.